The van der Waals surface area contributed by atoms with Crippen LogP contribution >= 0.6 is 0 Å². The van der Waals surface area contributed by atoms with Crippen LogP contribution in [0.2, 0.25) is 0 Å². The third-order valence-electron chi connectivity index (χ3n) is 6.96. The average Bonchev–Trinajstić information content (AvgIpc) is 3.26. The summed E-state index contributed by atoms with van der Waals surface area (Å²) in [6.45, 7) is 4.83. The Kier molecular flexibility index (Phi) is 6.73. The van der Waals surface area contributed by atoms with Crippen LogP contribution in [0.1, 0.15) is 38.7 Å². The predicted octanol–water partition coefficient (Wildman–Crippen LogP) is 3.05. The molecule has 1 N–H and O–H groups in total. The van der Waals surface area contributed by atoms with E-state index in [0.717, 1.165) is 17.5 Å². The normalized spacial score (nSPS) is 17.3. The van der Waals surface area contributed by atoms with Gasteiger partial charge in [0.2, 0.25) is 5.88 Å². The summed E-state index contributed by atoms with van der Waals surface area (Å²) in [6, 6.07) is 13.6. The van der Waals surface area contributed by atoms with Crippen molar-refractivity contribution in [1.82, 2.24) is 23.7 Å². The van der Waals surface area contributed by atoms with Gasteiger partial charge in [0.15, 0.2) is 11.2 Å². The second-order valence-electron chi connectivity index (χ2n) is 9.34. The van der Waals surface area contributed by atoms with E-state index in [1.807, 2.05) is 54.0 Å². The van der Waals surface area contributed by atoms with Crippen LogP contribution < -0.4 is 16.0 Å². The Morgan fingerprint density at radius 1 is 1.06 bits per heavy atom. The maximum absolute atomic E-state index is 13.6. The molecule has 0 bridgehead atoms. The number of hydrogen-bond acceptors (Lipinski definition) is 6. The molecule has 0 aliphatic heterocycles. The van der Waals surface area contributed by atoms with E-state index in [-0.39, 0.29) is 19.3 Å². The standard InChI is InChI=1S/C27H31N5O4/c1-3-30-25-23(26(34)31(27(30)35)14-7-15-33)32(17-19-8-5-4-6-9-19)24(29-25)20-11-13-22(28-16-20)36-21-12-10-18(21)2/h4-6,8-9,11,13,16,18,21,33H,3,7,10,12,14-15,17H2,1-2H3. The molecule has 2 unspecified atom stereocenters. The minimum atomic E-state index is -0.421. The minimum absolute atomic E-state index is 0.107. The van der Waals surface area contributed by atoms with Crippen LogP contribution in [0.25, 0.3) is 22.6 Å². The van der Waals surface area contributed by atoms with Crippen molar-refractivity contribution in [3.05, 3.63) is 75.1 Å². The lowest BCUT2D eigenvalue weighted by molar-refractivity contribution is 0.0535. The van der Waals surface area contributed by atoms with E-state index in [0.29, 0.717) is 48.3 Å². The average molecular weight is 490 g/mol. The van der Waals surface area contributed by atoms with Crippen LogP contribution in [0.15, 0.2) is 58.3 Å². The number of nitrogens with zero attached hydrogens (tertiary/aromatic N) is 5. The van der Waals surface area contributed by atoms with Crippen molar-refractivity contribution in [3.8, 4) is 17.3 Å². The summed E-state index contributed by atoms with van der Waals surface area (Å²) < 4.78 is 10.6. The number of benzene rings is 1. The molecule has 1 aliphatic carbocycles. The molecule has 1 saturated carbocycles. The first-order valence-electron chi connectivity index (χ1n) is 12.5. The zero-order valence-electron chi connectivity index (χ0n) is 20.6. The summed E-state index contributed by atoms with van der Waals surface area (Å²) >= 11 is 0. The molecule has 5 rings (SSSR count). The number of imidazole rings is 1. The van der Waals surface area contributed by atoms with Crippen LogP contribution in [-0.4, -0.2) is 41.5 Å². The van der Waals surface area contributed by atoms with Crippen molar-refractivity contribution in [2.45, 2.75) is 58.8 Å². The van der Waals surface area contributed by atoms with Gasteiger partial charge in [-0.15, -0.1) is 0 Å². The lowest BCUT2D eigenvalue weighted by atomic mass is 9.84. The van der Waals surface area contributed by atoms with Crippen molar-refractivity contribution in [1.29, 1.82) is 0 Å². The maximum atomic E-state index is 13.6. The van der Waals surface area contributed by atoms with E-state index in [2.05, 4.69) is 11.9 Å². The highest BCUT2D eigenvalue weighted by atomic mass is 16.5. The van der Waals surface area contributed by atoms with Gasteiger partial charge in [-0.3, -0.25) is 13.9 Å². The Balaban J connectivity index is 1.66. The Hall–Kier alpha value is -3.72. The van der Waals surface area contributed by atoms with Crippen molar-refractivity contribution in [2.75, 3.05) is 6.61 Å². The number of hydrogen-bond donors (Lipinski definition) is 1. The number of rotatable bonds is 9. The minimum Gasteiger partial charge on any atom is -0.474 e. The molecule has 3 heterocycles. The van der Waals surface area contributed by atoms with Crippen molar-refractivity contribution < 1.29 is 9.84 Å². The largest absolute Gasteiger partial charge is 0.474 e. The van der Waals surface area contributed by atoms with Gasteiger partial charge < -0.3 is 14.4 Å². The molecule has 4 aromatic rings. The highest BCUT2D eigenvalue weighted by Crippen LogP contribution is 2.31. The van der Waals surface area contributed by atoms with Gasteiger partial charge in [0.05, 0.1) is 0 Å². The summed E-state index contributed by atoms with van der Waals surface area (Å²) in [5.74, 6) is 1.65. The highest BCUT2D eigenvalue weighted by Gasteiger charge is 2.29. The SMILES string of the molecule is CCn1c(=O)n(CCCO)c(=O)c2c1nc(-c1ccc(OC3CCC3C)nc1)n2Cc1ccccc1. The van der Waals surface area contributed by atoms with E-state index in [9.17, 15) is 14.7 Å². The molecule has 9 nitrogen and oxygen atoms in total. The Bertz CT molecular complexity index is 1470. The number of ether oxygens (including phenoxy) is 1. The van der Waals surface area contributed by atoms with Crippen LogP contribution in [-0.2, 0) is 19.6 Å². The number of aliphatic hydroxyl groups is 1. The second kappa shape index (κ2) is 10.1. The molecule has 1 aromatic carbocycles. The molecule has 0 radical (unpaired) electrons. The molecule has 188 valence electrons. The van der Waals surface area contributed by atoms with Gasteiger partial charge in [0.1, 0.15) is 11.9 Å². The molecule has 1 aliphatic rings. The number of fused-ring (bicyclic) bond motifs is 1. The van der Waals surface area contributed by atoms with Crippen molar-refractivity contribution in [2.24, 2.45) is 5.92 Å². The Morgan fingerprint density at radius 3 is 2.47 bits per heavy atom. The predicted molar refractivity (Wildman–Crippen MR) is 137 cm³/mol. The number of aryl methyl sites for hydroxylation is 1. The quantitative estimate of drug-likeness (QED) is 0.388. The maximum Gasteiger partial charge on any atom is 0.332 e. The molecular formula is C27H31N5O4. The van der Waals surface area contributed by atoms with Gasteiger partial charge in [0, 0.05) is 44.1 Å². The molecule has 0 saturated heterocycles. The van der Waals surface area contributed by atoms with E-state index in [1.54, 1.807) is 6.20 Å². The van der Waals surface area contributed by atoms with Crippen molar-refractivity contribution >= 4 is 11.2 Å². The zero-order valence-corrected chi connectivity index (χ0v) is 20.6. The number of aromatic nitrogens is 5. The summed E-state index contributed by atoms with van der Waals surface area (Å²) in [5.41, 5.74) is 1.61. The Morgan fingerprint density at radius 2 is 1.86 bits per heavy atom. The van der Waals surface area contributed by atoms with Crippen molar-refractivity contribution in [3.63, 3.8) is 0 Å². The lowest BCUT2D eigenvalue weighted by Gasteiger charge is -2.33. The monoisotopic (exact) mass is 489 g/mol. The Labute approximate surface area is 208 Å². The first-order chi connectivity index (χ1) is 17.5. The fourth-order valence-corrected chi connectivity index (χ4v) is 4.69. The molecule has 0 spiro atoms. The number of aliphatic hydroxyl groups excluding tert-OH is 1. The second-order valence-corrected chi connectivity index (χ2v) is 9.34. The molecule has 2 atom stereocenters. The van der Waals surface area contributed by atoms with Crippen LogP contribution in [0.5, 0.6) is 5.88 Å². The molecular weight excluding hydrogens is 458 g/mol. The summed E-state index contributed by atoms with van der Waals surface area (Å²) in [6.07, 6.45) is 4.42. The third-order valence-corrected chi connectivity index (χ3v) is 6.96. The summed E-state index contributed by atoms with van der Waals surface area (Å²) in [4.78, 5) is 36.0. The third kappa shape index (κ3) is 4.35. The summed E-state index contributed by atoms with van der Waals surface area (Å²) in [5, 5.41) is 9.30. The molecule has 3 aromatic heterocycles. The van der Waals surface area contributed by atoms with Gasteiger partial charge in [-0.25, -0.2) is 14.8 Å². The van der Waals surface area contributed by atoms with E-state index < -0.39 is 11.2 Å². The van der Waals surface area contributed by atoms with E-state index in [4.69, 9.17) is 9.72 Å². The van der Waals surface area contributed by atoms with Gasteiger partial charge in [-0.05, 0) is 43.7 Å². The topological polar surface area (TPSA) is 104 Å². The molecule has 0 amide bonds. The van der Waals surface area contributed by atoms with Crippen LogP contribution in [0.3, 0.4) is 0 Å². The van der Waals surface area contributed by atoms with Crippen LogP contribution in [0, 0.1) is 5.92 Å². The fourth-order valence-electron chi connectivity index (χ4n) is 4.69. The number of pyridine rings is 1. The first-order valence-corrected chi connectivity index (χ1v) is 12.5. The summed E-state index contributed by atoms with van der Waals surface area (Å²) in [7, 11) is 0. The smallest absolute Gasteiger partial charge is 0.332 e. The molecule has 1 fully saturated rings. The van der Waals surface area contributed by atoms with Gasteiger partial charge in [0.25, 0.3) is 5.56 Å². The van der Waals surface area contributed by atoms with E-state index in [1.165, 1.54) is 15.6 Å². The lowest BCUT2D eigenvalue weighted by Crippen LogP contribution is -2.40. The fraction of sp³-hybridized carbons (Fsp3) is 0.407. The molecule has 36 heavy (non-hydrogen) atoms. The van der Waals surface area contributed by atoms with Crippen LogP contribution in [0.4, 0.5) is 0 Å². The molecule has 9 heteroatoms. The van der Waals surface area contributed by atoms with Gasteiger partial charge in [-0.2, -0.15) is 0 Å². The first kappa shape index (κ1) is 24.0. The van der Waals surface area contributed by atoms with Gasteiger partial charge in [-0.1, -0.05) is 37.3 Å². The highest BCUT2D eigenvalue weighted by molar-refractivity contribution is 5.77. The zero-order chi connectivity index (χ0) is 25.2. The van der Waals surface area contributed by atoms with E-state index >= 15 is 0 Å². The van der Waals surface area contributed by atoms with Gasteiger partial charge >= 0.3 is 5.69 Å².